The van der Waals surface area contributed by atoms with Crippen LogP contribution in [0.3, 0.4) is 0 Å². The number of halogens is 1. The van der Waals surface area contributed by atoms with Gasteiger partial charge in [0.25, 0.3) is 0 Å². The summed E-state index contributed by atoms with van der Waals surface area (Å²) < 4.78 is 21.2. The minimum absolute atomic E-state index is 0.232. The summed E-state index contributed by atoms with van der Waals surface area (Å²) in [6.45, 7) is 4.66. The van der Waals surface area contributed by atoms with Crippen LogP contribution in [0, 0.1) is 12.7 Å². The number of benzene rings is 1. The highest BCUT2D eigenvalue weighted by atomic mass is 19.1. The number of aryl methyl sites for hydroxylation is 2. The Kier molecular flexibility index (Phi) is 4.39. The Labute approximate surface area is 118 Å². The van der Waals surface area contributed by atoms with Crippen molar-refractivity contribution in [3.63, 3.8) is 0 Å². The van der Waals surface area contributed by atoms with Crippen LogP contribution in [0.2, 0.25) is 0 Å². The quantitative estimate of drug-likeness (QED) is 0.913. The summed E-state index contributed by atoms with van der Waals surface area (Å²) in [5, 5.41) is 7.50. The highest BCUT2D eigenvalue weighted by Gasteiger charge is 2.24. The fraction of sp³-hybridized carbons (Fsp3) is 0.400. The van der Waals surface area contributed by atoms with Crippen molar-refractivity contribution in [2.24, 2.45) is 7.05 Å². The molecule has 0 aliphatic rings. The summed E-state index contributed by atoms with van der Waals surface area (Å²) in [5.74, 6) is 0.421. The van der Waals surface area contributed by atoms with Crippen LogP contribution in [-0.2, 0) is 7.05 Å². The number of hydrogen-bond acceptors (Lipinski definition) is 3. The summed E-state index contributed by atoms with van der Waals surface area (Å²) in [4.78, 5) is 0. The van der Waals surface area contributed by atoms with Gasteiger partial charge in [-0.05, 0) is 19.5 Å². The van der Waals surface area contributed by atoms with Gasteiger partial charge in [0.2, 0.25) is 0 Å². The number of aromatic nitrogens is 2. The van der Waals surface area contributed by atoms with Gasteiger partial charge in [-0.2, -0.15) is 5.10 Å². The second kappa shape index (κ2) is 6.05. The molecule has 0 radical (unpaired) electrons. The van der Waals surface area contributed by atoms with Crippen molar-refractivity contribution in [1.82, 2.24) is 15.1 Å². The summed E-state index contributed by atoms with van der Waals surface area (Å²) in [7, 11) is 3.42. The summed E-state index contributed by atoms with van der Waals surface area (Å²) in [5.41, 5.74) is 2.44. The molecule has 0 aliphatic carbocycles. The zero-order chi connectivity index (χ0) is 14.7. The lowest BCUT2D eigenvalue weighted by Crippen LogP contribution is -2.25. The molecule has 0 saturated carbocycles. The molecular weight excluding hydrogens is 257 g/mol. The van der Waals surface area contributed by atoms with Gasteiger partial charge in [0.05, 0.1) is 19.3 Å². The molecule has 2 aromatic rings. The van der Waals surface area contributed by atoms with Crippen molar-refractivity contribution >= 4 is 0 Å². The first-order valence-electron chi connectivity index (χ1n) is 6.63. The Balaban J connectivity index is 2.56. The van der Waals surface area contributed by atoms with Crippen LogP contribution < -0.4 is 10.1 Å². The maximum absolute atomic E-state index is 14.2. The first-order chi connectivity index (χ1) is 9.58. The molecule has 5 heteroatoms. The predicted molar refractivity (Wildman–Crippen MR) is 76.4 cm³/mol. The van der Waals surface area contributed by atoms with Gasteiger partial charge >= 0.3 is 0 Å². The number of nitrogens with zero attached hydrogens (tertiary/aromatic N) is 2. The first kappa shape index (κ1) is 14.5. The number of rotatable bonds is 5. The molecule has 108 valence electrons. The largest absolute Gasteiger partial charge is 0.493 e. The van der Waals surface area contributed by atoms with Crippen LogP contribution in [0.15, 0.2) is 24.4 Å². The van der Waals surface area contributed by atoms with Gasteiger partial charge in [-0.25, -0.2) is 4.39 Å². The SMILES string of the molecule is CCNC(c1cc(C)ccc1F)c1c(OC)cnn1C. The first-order valence-corrected chi connectivity index (χ1v) is 6.63. The molecule has 0 spiro atoms. The Morgan fingerprint density at radius 1 is 1.45 bits per heavy atom. The van der Waals surface area contributed by atoms with Crippen LogP contribution >= 0.6 is 0 Å². The molecule has 1 aromatic heterocycles. The highest BCUT2D eigenvalue weighted by molar-refractivity contribution is 5.38. The van der Waals surface area contributed by atoms with Crippen LogP contribution in [0.25, 0.3) is 0 Å². The topological polar surface area (TPSA) is 39.1 Å². The molecule has 0 bridgehead atoms. The third kappa shape index (κ3) is 2.67. The predicted octanol–water partition coefficient (Wildman–Crippen LogP) is 2.58. The third-order valence-electron chi connectivity index (χ3n) is 3.31. The van der Waals surface area contributed by atoms with Crippen LogP contribution in [0.4, 0.5) is 4.39 Å². The standard InChI is InChI=1S/C15H20FN3O/c1-5-17-14(11-8-10(2)6-7-12(11)16)15-13(20-4)9-18-19(15)3/h6-9,14,17H,5H2,1-4H3. The van der Waals surface area contributed by atoms with Crippen LogP contribution in [0.5, 0.6) is 5.75 Å². The molecule has 4 nitrogen and oxygen atoms in total. The molecule has 1 heterocycles. The van der Waals surface area contributed by atoms with Gasteiger partial charge in [-0.1, -0.05) is 24.6 Å². The van der Waals surface area contributed by atoms with Gasteiger partial charge in [0.1, 0.15) is 11.5 Å². The molecule has 0 amide bonds. The number of methoxy groups -OCH3 is 1. The van der Waals surface area contributed by atoms with E-state index in [-0.39, 0.29) is 11.9 Å². The molecule has 0 aliphatic heterocycles. The maximum Gasteiger partial charge on any atom is 0.161 e. The third-order valence-corrected chi connectivity index (χ3v) is 3.31. The minimum atomic E-state index is -0.289. The van der Waals surface area contributed by atoms with E-state index in [0.29, 0.717) is 17.9 Å². The molecule has 1 aromatic carbocycles. The number of ether oxygens (including phenoxy) is 1. The molecule has 1 unspecified atom stereocenters. The van der Waals surface area contributed by atoms with Crippen molar-refractivity contribution < 1.29 is 9.13 Å². The minimum Gasteiger partial charge on any atom is -0.493 e. The lowest BCUT2D eigenvalue weighted by molar-refractivity contribution is 0.400. The van der Waals surface area contributed by atoms with E-state index in [1.165, 1.54) is 6.07 Å². The van der Waals surface area contributed by atoms with Crippen molar-refractivity contribution in [3.05, 3.63) is 47.0 Å². The average molecular weight is 277 g/mol. The normalized spacial score (nSPS) is 12.4. The number of nitrogens with one attached hydrogen (secondary N) is 1. The molecule has 1 atom stereocenters. The maximum atomic E-state index is 14.2. The van der Waals surface area contributed by atoms with Gasteiger partial charge in [-0.3, -0.25) is 4.68 Å². The van der Waals surface area contributed by atoms with E-state index in [1.54, 1.807) is 24.1 Å². The van der Waals surface area contributed by atoms with Gasteiger partial charge in [0, 0.05) is 12.6 Å². The van der Waals surface area contributed by atoms with E-state index in [2.05, 4.69) is 10.4 Å². The molecule has 1 N–H and O–H groups in total. The number of hydrogen-bond donors (Lipinski definition) is 1. The molecule has 2 rings (SSSR count). The zero-order valence-corrected chi connectivity index (χ0v) is 12.3. The lowest BCUT2D eigenvalue weighted by Gasteiger charge is -2.21. The molecule has 0 saturated heterocycles. The van der Waals surface area contributed by atoms with E-state index in [9.17, 15) is 4.39 Å². The Hall–Kier alpha value is -1.88. The summed E-state index contributed by atoms with van der Waals surface area (Å²) in [6, 6.07) is 4.83. The van der Waals surface area contributed by atoms with E-state index >= 15 is 0 Å². The van der Waals surface area contributed by atoms with Crippen LogP contribution in [0.1, 0.15) is 29.8 Å². The van der Waals surface area contributed by atoms with E-state index in [1.807, 2.05) is 27.0 Å². The van der Waals surface area contributed by atoms with Crippen molar-refractivity contribution in [3.8, 4) is 5.75 Å². The fourth-order valence-corrected chi connectivity index (χ4v) is 2.36. The van der Waals surface area contributed by atoms with Gasteiger partial charge in [0.15, 0.2) is 5.75 Å². The lowest BCUT2D eigenvalue weighted by atomic mass is 10.00. The molecule has 0 fully saturated rings. The fourth-order valence-electron chi connectivity index (χ4n) is 2.36. The van der Waals surface area contributed by atoms with Gasteiger partial charge < -0.3 is 10.1 Å². The van der Waals surface area contributed by atoms with Crippen molar-refractivity contribution in [2.45, 2.75) is 19.9 Å². The van der Waals surface area contributed by atoms with Crippen LogP contribution in [-0.4, -0.2) is 23.4 Å². The average Bonchev–Trinajstić information content (AvgIpc) is 2.80. The van der Waals surface area contributed by atoms with E-state index < -0.39 is 0 Å². The second-order valence-electron chi connectivity index (χ2n) is 4.74. The van der Waals surface area contributed by atoms with E-state index in [4.69, 9.17) is 4.74 Å². The Morgan fingerprint density at radius 2 is 2.20 bits per heavy atom. The monoisotopic (exact) mass is 277 g/mol. The Morgan fingerprint density at radius 3 is 2.85 bits per heavy atom. The summed E-state index contributed by atoms with van der Waals surface area (Å²) in [6.07, 6.45) is 1.65. The molecular formula is C15H20FN3O. The van der Waals surface area contributed by atoms with Crippen molar-refractivity contribution in [1.29, 1.82) is 0 Å². The van der Waals surface area contributed by atoms with Crippen molar-refractivity contribution in [2.75, 3.05) is 13.7 Å². The zero-order valence-electron chi connectivity index (χ0n) is 12.3. The summed E-state index contributed by atoms with van der Waals surface area (Å²) >= 11 is 0. The molecule has 20 heavy (non-hydrogen) atoms. The highest BCUT2D eigenvalue weighted by Crippen LogP contribution is 2.31. The smallest absolute Gasteiger partial charge is 0.161 e. The van der Waals surface area contributed by atoms with E-state index in [0.717, 1.165) is 11.3 Å². The second-order valence-corrected chi connectivity index (χ2v) is 4.74. The van der Waals surface area contributed by atoms with Gasteiger partial charge in [-0.15, -0.1) is 0 Å². The Bertz CT molecular complexity index is 595.